The smallest absolute Gasteiger partial charge is 0.243 e. The third-order valence-electron chi connectivity index (χ3n) is 6.06. The minimum atomic E-state index is -3.43. The second-order valence-corrected chi connectivity index (χ2v) is 9.74. The highest BCUT2D eigenvalue weighted by molar-refractivity contribution is 7.89. The molecule has 26 heavy (non-hydrogen) atoms. The monoisotopic (exact) mass is 374 g/mol. The van der Waals surface area contributed by atoms with Gasteiger partial charge in [-0.3, -0.25) is 4.79 Å². The molecular weight excluding hydrogens is 348 g/mol. The lowest BCUT2D eigenvalue weighted by molar-refractivity contribution is -0.123. The molecule has 0 radical (unpaired) electrons. The van der Waals surface area contributed by atoms with Crippen LogP contribution in [0.2, 0.25) is 0 Å². The Hall–Kier alpha value is -1.66. The highest BCUT2D eigenvalue weighted by Crippen LogP contribution is 2.44. The van der Waals surface area contributed by atoms with Crippen LogP contribution in [0.25, 0.3) is 0 Å². The van der Waals surface area contributed by atoms with Gasteiger partial charge in [-0.05, 0) is 55.6 Å². The topological polar surface area (TPSA) is 66.5 Å². The molecule has 1 N–H and O–H groups in total. The molecule has 140 valence electrons. The molecule has 1 aromatic rings. The van der Waals surface area contributed by atoms with Crippen LogP contribution in [-0.4, -0.2) is 37.8 Å². The summed E-state index contributed by atoms with van der Waals surface area (Å²) >= 11 is 0. The predicted molar refractivity (Wildman–Crippen MR) is 99.8 cm³/mol. The number of hydrogen-bond acceptors (Lipinski definition) is 3. The Morgan fingerprint density at radius 3 is 2.42 bits per heavy atom. The molecule has 2 fully saturated rings. The summed E-state index contributed by atoms with van der Waals surface area (Å²) in [5, 5.41) is 3.13. The molecule has 1 amide bonds. The highest BCUT2D eigenvalue weighted by atomic mass is 32.2. The van der Waals surface area contributed by atoms with Crippen molar-refractivity contribution in [3.63, 3.8) is 0 Å². The van der Waals surface area contributed by atoms with Crippen molar-refractivity contribution in [1.82, 2.24) is 9.62 Å². The summed E-state index contributed by atoms with van der Waals surface area (Å²) < 4.78 is 26.8. The van der Waals surface area contributed by atoms with E-state index in [1.807, 2.05) is 6.07 Å². The molecule has 1 heterocycles. The van der Waals surface area contributed by atoms with Crippen molar-refractivity contribution in [2.24, 2.45) is 17.8 Å². The summed E-state index contributed by atoms with van der Waals surface area (Å²) in [6.45, 7) is 0.915. The Labute approximate surface area is 155 Å². The Morgan fingerprint density at radius 1 is 1.08 bits per heavy atom. The molecule has 1 aromatic carbocycles. The first-order chi connectivity index (χ1) is 12.5. The maximum Gasteiger partial charge on any atom is 0.243 e. The van der Waals surface area contributed by atoms with E-state index in [1.165, 1.54) is 10.7 Å². The van der Waals surface area contributed by atoms with E-state index in [0.717, 1.165) is 6.42 Å². The number of carbonyl (C=O) groups excluding carboxylic acids is 1. The van der Waals surface area contributed by atoms with Crippen LogP contribution in [0.4, 0.5) is 0 Å². The van der Waals surface area contributed by atoms with Crippen molar-refractivity contribution < 1.29 is 13.2 Å². The lowest BCUT2D eigenvalue weighted by Crippen LogP contribution is -2.46. The maximum atomic E-state index is 12.7. The second kappa shape index (κ2) is 7.16. The zero-order chi connectivity index (χ0) is 18.1. The van der Waals surface area contributed by atoms with Crippen LogP contribution < -0.4 is 5.32 Å². The van der Waals surface area contributed by atoms with Crippen molar-refractivity contribution in [1.29, 1.82) is 0 Å². The van der Waals surface area contributed by atoms with E-state index in [2.05, 4.69) is 17.5 Å². The number of benzene rings is 1. The third-order valence-corrected chi connectivity index (χ3v) is 7.98. The van der Waals surface area contributed by atoms with Gasteiger partial charge in [-0.1, -0.05) is 30.4 Å². The first kappa shape index (κ1) is 17.7. The van der Waals surface area contributed by atoms with Crippen molar-refractivity contribution in [3.05, 3.63) is 42.5 Å². The molecule has 1 saturated heterocycles. The minimum absolute atomic E-state index is 0.0823. The van der Waals surface area contributed by atoms with Crippen LogP contribution >= 0.6 is 0 Å². The molecule has 0 spiro atoms. The lowest BCUT2D eigenvalue weighted by atomic mass is 9.90. The molecule has 2 bridgehead atoms. The number of piperidine rings is 1. The lowest BCUT2D eigenvalue weighted by Gasteiger charge is -2.32. The highest BCUT2D eigenvalue weighted by Gasteiger charge is 2.37. The summed E-state index contributed by atoms with van der Waals surface area (Å²) in [7, 11) is -3.43. The average molecular weight is 375 g/mol. The van der Waals surface area contributed by atoms with Crippen molar-refractivity contribution in [3.8, 4) is 0 Å². The fourth-order valence-corrected chi connectivity index (χ4v) is 6.13. The Balaban J connectivity index is 1.27. The fraction of sp³-hybridized carbons (Fsp3) is 0.550. The van der Waals surface area contributed by atoms with Crippen LogP contribution in [0, 0.1) is 17.8 Å². The molecular formula is C20H26N2O3S. The van der Waals surface area contributed by atoms with Gasteiger partial charge in [0.25, 0.3) is 0 Å². The fourth-order valence-electron chi connectivity index (χ4n) is 4.64. The van der Waals surface area contributed by atoms with Gasteiger partial charge in [-0.2, -0.15) is 4.31 Å². The maximum absolute atomic E-state index is 12.7. The van der Waals surface area contributed by atoms with Crippen LogP contribution in [0.15, 0.2) is 47.4 Å². The standard InChI is InChI=1S/C20H26N2O3S/c23-20(14-17-13-15-6-7-16(17)12-15)21-18-8-10-22(11-9-18)26(24,25)19-4-2-1-3-5-19/h1-7,15-18H,8-14H2,(H,21,23)/t15-,16+,17+/m1/s1. The third kappa shape index (κ3) is 3.58. The number of carbonyl (C=O) groups is 1. The molecule has 5 nitrogen and oxygen atoms in total. The quantitative estimate of drug-likeness (QED) is 0.806. The van der Waals surface area contributed by atoms with Gasteiger partial charge >= 0.3 is 0 Å². The van der Waals surface area contributed by atoms with Crippen LogP contribution in [0.3, 0.4) is 0 Å². The van der Waals surface area contributed by atoms with E-state index in [9.17, 15) is 13.2 Å². The zero-order valence-corrected chi connectivity index (χ0v) is 15.7. The van der Waals surface area contributed by atoms with Crippen molar-refractivity contribution in [2.45, 2.75) is 43.0 Å². The molecule has 1 saturated carbocycles. The largest absolute Gasteiger partial charge is 0.353 e. The van der Waals surface area contributed by atoms with E-state index in [-0.39, 0.29) is 11.9 Å². The zero-order valence-electron chi connectivity index (χ0n) is 14.9. The summed E-state index contributed by atoms with van der Waals surface area (Å²) in [4.78, 5) is 12.7. The summed E-state index contributed by atoms with van der Waals surface area (Å²) in [5.74, 6) is 1.89. The Morgan fingerprint density at radius 2 is 1.81 bits per heavy atom. The van der Waals surface area contributed by atoms with E-state index < -0.39 is 10.0 Å². The number of rotatable bonds is 5. The van der Waals surface area contributed by atoms with Gasteiger partial charge in [0.15, 0.2) is 0 Å². The number of fused-ring (bicyclic) bond motifs is 2. The number of amides is 1. The molecule has 2 aliphatic carbocycles. The number of nitrogens with zero attached hydrogens (tertiary/aromatic N) is 1. The number of nitrogens with one attached hydrogen (secondary N) is 1. The van der Waals surface area contributed by atoms with Crippen LogP contribution in [0.1, 0.15) is 32.1 Å². The molecule has 0 unspecified atom stereocenters. The first-order valence-electron chi connectivity index (χ1n) is 9.55. The number of sulfonamides is 1. The van der Waals surface area contributed by atoms with Gasteiger partial charge in [0.1, 0.15) is 0 Å². The molecule has 6 heteroatoms. The Kier molecular flexibility index (Phi) is 4.88. The van der Waals surface area contributed by atoms with Gasteiger partial charge in [0, 0.05) is 25.6 Å². The van der Waals surface area contributed by atoms with Gasteiger partial charge in [0.2, 0.25) is 15.9 Å². The van der Waals surface area contributed by atoms with Crippen molar-refractivity contribution in [2.75, 3.05) is 13.1 Å². The second-order valence-electron chi connectivity index (χ2n) is 7.80. The van der Waals surface area contributed by atoms with E-state index >= 15 is 0 Å². The number of hydrogen-bond donors (Lipinski definition) is 1. The normalized spacial score (nSPS) is 29.2. The van der Waals surface area contributed by atoms with Crippen molar-refractivity contribution >= 4 is 15.9 Å². The predicted octanol–water partition coefficient (Wildman–Crippen LogP) is 2.56. The molecule has 0 aromatic heterocycles. The van der Waals surface area contributed by atoms with Gasteiger partial charge in [-0.25, -0.2) is 8.42 Å². The summed E-state index contributed by atoms with van der Waals surface area (Å²) in [6, 6.07) is 8.64. The molecule has 4 rings (SSSR count). The summed E-state index contributed by atoms with van der Waals surface area (Å²) in [6.07, 6.45) is 8.88. The molecule has 3 atom stereocenters. The first-order valence-corrected chi connectivity index (χ1v) is 11.0. The van der Waals surface area contributed by atoms with E-state index in [0.29, 0.717) is 55.0 Å². The van der Waals surface area contributed by atoms with Gasteiger partial charge in [-0.15, -0.1) is 0 Å². The van der Waals surface area contributed by atoms with Crippen LogP contribution in [0.5, 0.6) is 0 Å². The Bertz CT molecular complexity index is 783. The van der Waals surface area contributed by atoms with E-state index in [1.54, 1.807) is 24.3 Å². The van der Waals surface area contributed by atoms with Crippen LogP contribution in [-0.2, 0) is 14.8 Å². The SMILES string of the molecule is O=C(C[C@@H]1C[C@@H]2C=C[C@H]1C2)NC1CCN(S(=O)(=O)c2ccccc2)CC1. The minimum Gasteiger partial charge on any atom is -0.353 e. The molecule has 1 aliphatic heterocycles. The number of allylic oxidation sites excluding steroid dienone is 2. The van der Waals surface area contributed by atoms with E-state index in [4.69, 9.17) is 0 Å². The molecule has 3 aliphatic rings. The summed E-state index contributed by atoms with van der Waals surface area (Å²) in [5.41, 5.74) is 0. The van der Waals surface area contributed by atoms with Gasteiger partial charge in [0.05, 0.1) is 4.90 Å². The average Bonchev–Trinajstić information content (AvgIpc) is 3.26. The van der Waals surface area contributed by atoms with Gasteiger partial charge < -0.3 is 5.32 Å².